The molecule has 3 fully saturated rings. The van der Waals surface area contributed by atoms with Gasteiger partial charge in [0.2, 0.25) is 0 Å². The molecule has 1 aromatic rings. The van der Waals surface area contributed by atoms with E-state index in [1.807, 2.05) is 0 Å². The van der Waals surface area contributed by atoms with Crippen molar-refractivity contribution in [2.45, 2.75) is 44.9 Å². The number of rotatable bonds is 5. The fraction of sp³-hybridized carbons (Fsp3) is 0.700. The van der Waals surface area contributed by atoms with Gasteiger partial charge in [-0.2, -0.15) is 0 Å². The maximum absolute atomic E-state index is 11.5. The van der Waals surface area contributed by atoms with Crippen LogP contribution in [0.4, 0.5) is 0 Å². The summed E-state index contributed by atoms with van der Waals surface area (Å²) in [4.78, 5) is 2.49. The second kappa shape index (κ2) is 6.14. The van der Waals surface area contributed by atoms with Crippen LogP contribution in [0.25, 0.3) is 0 Å². The molecule has 0 amide bonds. The molecule has 24 heavy (non-hydrogen) atoms. The first-order valence-electron chi connectivity index (χ1n) is 9.45. The Morgan fingerprint density at radius 3 is 2.50 bits per heavy atom. The normalized spacial score (nSPS) is 26.9. The minimum atomic E-state index is -2.71. The van der Waals surface area contributed by atoms with E-state index < -0.39 is 9.84 Å². The Hall–Kier alpha value is -0.870. The van der Waals surface area contributed by atoms with Crippen molar-refractivity contribution in [3.63, 3.8) is 0 Å². The molecule has 0 N–H and O–H groups in total. The highest BCUT2D eigenvalue weighted by atomic mass is 32.2. The summed E-state index contributed by atoms with van der Waals surface area (Å²) in [5.74, 6) is 2.28. The standard InChI is InChI=1S/C20H29NO2S/c1-16(11-17-5-7-19(8-6-17)18-3-2-4-18)12-21-10-9-20(13-21)14-24(22,23)15-20/h5-8,16,18H,2-4,9-15H2,1H3/t16-/m0/s1. The number of hydrogen-bond donors (Lipinski definition) is 0. The van der Waals surface area contributed by atoms with E-state index in [0.717, 1.165) is 38.4 Å². The highest BCUT2D eigenvalue weighted by Gasteiger charge is 2.51. The molecule has 4 rings (SSSR count). The maximum Gasteiger partial charge on any atom is 0.151 e. The third-order valence-corrected chi connectivity index (χ3v) is 8.38. The van der Waals surface area contributed by atoms with E-state index in [2.05, 4.69) is 36.1 Å². The minimum absolute atomic E-state index is 0.100. The van der Waals surface area contributed by atoms with Crippen molar-refractivity contribution >= 4 is 9.84 Å². The summed E-state index contributed by atoms with van der Waals surface area (Å²) in [5, 5.41) is 0. The summed E-state index contributed by atoms with van der Waals surface area (Å²) in [7, 11) is -2.71. The van der Waals surface area contributed by atoms with E-state index in [1.165, 1.54) is 30.4 Å². The molecule has 0 bridgehead atoms. The van der Waals surface area contributed by atoms with Gasteiger partial charge in [-0.15, -0.1) is 0 Å². The summed E-state index contributed by atoms with van der Waals surface area (Å²) in [6.45, 7) is 5.46. The zero-order valence-electron chi connectivity index (χ0n) is 14.7. The number of benzene rings is 1. The lowest BCUT2D eigenvalue weighted by Crippen LogP contribution is -2.50. The van der Waals surface area contributed by atoms with Gasteiger partial charge >= 0.3 is 0 Å². The lowest BCUT2D eigenvalue weighted by atomic mass is 9.80. The molecule has 0 unspecified atom stereocenters. The third kappa shape index (κ3) is 3.41. The Kier molecular flexibility index (Phi) is 4.24. The Balaban J connectivity index is 1.27. The summed E-state index contributed by atoms with van der Waals surface area (Å²) >= 11 is 0. The van der Waals surface area contributed by atoms with Crippen LogP contribution < -0.4 is 0 Å². The van der Waals surface area contributed by atoms with Crippen molar-refractivity contribution < 1.29 is 8.42 Å². The first-order chi connectivity index (χ1) is 11.4. The summed E-state index contributed by atoms with van der Waals surface area (Å²) in [6.07, 6.45) is 6.30. The number of nitrogens with zero attached hydrogens (tertiary/aromatic N) is 1. The topological polar surface area (TPSA) is 37.4 Å². The van der Waals surface area contributed by atoms with Crippen molar-refractivity contribution in [1.29, 1.82) is 0 Å². The predicted octanol–water partition coefficient (Wildman–Crippen LogP) is 3.25. The summed E-state index contributed by atoms with van der Waals surface area (Å²) in [6, 6.07) is 9.29. The number of likely N-dealkylation sites (tertiary alicyclic amines) is 1. The van der Waals surface area contributed by atoms with E-state index in [4.69, 9.17) is 0 Å². The fourth-order valence-corrected chi connectivity index (χ4v) is 7.14. The minimum Gasteiger partial charge on any atom is -0.302 e. The Morgan fingerprint density at radius 2 is 1.92 bits per heavy atom. The fourth-order valence-electron chi connectivity index (χ4n) is 4.89. The molecule has 1 aliphatic carbocycles. The Bertz CT molecular complexity index is 679. The smallest absolute Gasteiger partial charge is 0.151 e. The molecular weight excluding hydrogens is 318 g/mol. The molecule has 1 saturated carbocycles. The average molecular weight is 348 g/mol. The molecule has 1 aromatic carbocycles. The third-order valence-electron chi connectivity index (χ3n) is 6.28. The van der Waals surface area contributed by atoms with Crippen molar-refractivity contribution in [1.82, 2.24) is 4.90 Å². The van der Waals surface area contributed by atoms with E-state index in [0.29, 0.717) is 17.4 Å². The molecule has 3 nitrogen and oxygen atoms in total. The van der Waals surface area contributed by atoms with Gasteiger partial charge in [-0.25, -0.2) is 8.42 Å². The van der Waals surface area contributed by atoms with Crippen LogP contribution in [0.3, 0.4) is 0 Å². The first kappa shape index (κ1) is 16.6. The van der Waals surface area contributed by atoms with E-state index in [-0.39, 0.29) is 5.41 Å². The van der Waals surface area contributed by atoms with Crippen LogP contribution in [0.5, 0.6) is 0 Å². The van der Waals surface area contributed by atoms with Crippen molar-refractivity contribution in [2.24, 2.45) is 11.3 Å². The quantitative estimate of drug-likeness (QED) is 0.820. The van der Waals surface area contributed by atoms with Crippen molar-refractivity contribution in [3.8, 4) is 0 Å². The van der Waals surface area contributed by atoms with Crippen LogP contribution in [0.15, 0.2) is 24.3 Å². The van der Waals surface area contributed by atoms with Gasteiger partial charge in [0.25, 0.3) is 0 Å². The predicted molar refractivity (Wildman–Crippen MR) is 98.0 cm³/mol. The molecule has 2 aliphatic heterocycles. The molecule has 1 spiro atoms. The second-order valence-corrected chi connectivity index (χ2v) is 10.8. The van der Waals surface area contributed by atoms with E-state index >= 15 is 0 Å². The molecule has 3 aliphatic rings. The zero-order chi connectivity index (χ0) is 16.8. The highest BCUT2D eigenvalue weighted by Crippen LogP contribution is 2.41. The molecule has 0 aromatic heterocycles. The SMILES string of the molecule is C[C@@H](Cc1ccc(C2CCC2)cc1)CN1CCC2(C1)CS(=O)(=O)C2. The summed E-state index contributed by atoms with van der Waals surface area (Å²) in [5.41, 5.74) is 3.05. The van der Waals surface area contributed by atoms with Crippen LogP contribution in [-0.4, -0.2) is 44.5 Å². The van der Waals surface area contributed by atoms with Crippen molar-refractivity contribution in [2.75, 3.05) is 31.1 Å². The monoisotopic (exact) mass is 347 g/mol. The highest BCUT2D eigenvalue weighted by molar-refractivity contribution is 7.92. The molecule has 4 heteroatoms. The van der Waals surface area contributed by atoms with Crippen LogP contribution >= 0.6 is 0 Å². The van der Waals surface area contributed by atoms with E-state index in [9.17, 15) is 8.42 Å². The molecule has 2 heterocycles. The van der Waals surface area contributed by atoms with Gasteiger partial charge in [0, 0.05) is 18.5 Å². The van der Waals surface area contributed by atoms with Crippen LogP contribution in [0.1, 0.15) is 49.7 Å². The molecule has 1 atom stereocenters. The number of hydrogen-bond acceptors (Lipinski definition) is 3. The first-order valence-corrected chi connectivity index (χ1v) is 11.3. The van der Waals surface area contributed by atoms with Gasteiger partial charge in [0.1, 0.15) is 0 Å². The Morgan fingerprint density at radius 1 is 1.21 bits per heavy atom. The number of sulfone groups is 1. The van der Waals surface area contributed by atoms with Crippen LogP contribution in [0, 0.1) is 11.3 Å². The largest absolute Gasteiger partial charge is 0.302 e. The average Bonchev–Trinajstić information content (AvgIpc) is 2.80. The lowest BCUT2D eigenvalue weighted by Gasteiger charge is -2.37. The molecule has 0 radical (unpaired) electrons. The van der Waals surface area contributed by atoms with Gasteiger partial charge in [0.15, 0.2) is 9.84 Å². The van der Waals surface area contributed by atoms with Crippen molar-refractivity contribution in [3.05, 3.63) is 35.4 Å². The lowest BCUT2D eigenvalue weighted by molar-refractivity contribution is 0.249. The summed E-state index contributed by atoms with van der Waals surface area (Å²) < 4.78 is 23.0. The van der Waals surface area contributed by atoms with Crippen LogP contribution in [0.2, 0.25) is 0 Å². The Labute approximate surface area is 146 Å². The zero-order valence-corrected chi connectivity index (χ0v) is 15.5. The maximum atomic E-state index is 11.5. The van der Waals surface area contributed by atoms with Gasteiger partial charge in [0.05, 0.1) is 11.5 Å². The molecule has 2 saturated heterocycles. The molecular formula is C20H29NO2S. The van der Waals surface area contributed by atoms with Gasteiger partial charge < -0.3 is 4.90 Å². The van der Waals surface area contributed by atoms with Gasteiger partial charge in [-0.3, -0.25) is 0 Å². The van der Waals surface area contributed by atoms with E-state index in [1.54, 1.807) is 0 Å². The van der Waals surface area contributed by atoms with Gasteiger partial charge in [-0.05, 0) is 55.2 Å². The molecule has 132 valence electrons. The van der Waals surface area contributed by atoms with Crippen LogP contribution in [-0.2, 0) is 16.3 Å². The second-order valence-electron chi connectivity index (χ2n) is 8.70. The van der Waals surface area contributed by atoms with Gasteiger partial charge in [-0.1, -0.05) is 37.6 Å².